The minimum atomic E-state index is -0.0232. The maximum Gasteiger partial charge on any atom is 0.261 e. The number of carbonyl (C=O) groups is 1. The van der Waals surface area contributed by atoms with Gasteiger partial charge in [0.1, 0.15) is 0 Å². The van der Waals surface area contributed by atoms with Crippen molar-refractivity contribution in [2.75, 3.05) is 13.2 Å². The van der Waals surface area contributed by atoms with Crippen LogP contribution < -0.4 is 11.1 Å². The highest BCUT2D eigenvalue weighted by Gasteiger charge is 2.21. The van der Waals surface area contributed by atoms with E-state index < -0.39 is 0 Å². The molecule has 0 saturated carbocycles. The molecule has 2 heterocycles. The summed E-state index contributed by atoms with van der Waals surface area (Å²) in [5.74, 6) is 5.69. The summed E-state index contributed by atoms with van der Waals surface area (Å²) in [5.41, 5.74) is 5.32. The minimum Gasteiger partial charge on any atom is -0.378 e. The van der Waals surface area contributed by atoms with Gasteiger partial charge in [0.2, 0.25) is 0 Å². The molecule has 19 heavy (non-hydrogen) atoms. The fourth-order valence-corrected chi connectivity index (χ4v) is 2.83. The van der Waals surface area contributed by atoms with Crippen LogP contribution in [-0.2, 0) is 4.74 Å². The average Bonchev–Trinajstić information content (AvgIpc) is 2.85. The van der Waals surface area contributed by atoms with Gasteiger partial charge in [-0.3, -0.25) is 4.79 Å². The molecule has 1 amide bonds. The van der Waals surface area contributed by atoms with E-state index in [1.165, 1.54) is 11.3 Å². The second kappa shape index (κ2) is 6.71. The normalized spacial score (nSPS) is 22.4. The van der Waals surface area contributed by atoms with E-state index in [1.54, 1.807) is 0 Å². The maximum absolute atomic E-state index is 12.1. The van der Waals surface area contributed by atoms with Crippen LogP contribution in [0.5, 0.6) is 0 Å². The summed E-state index contributed by atoms with van der Waals surface area (Å²) in [5, 5.41) is 3.05. The molecule has 1 aliphatic heterocycles. The molecule has 2 rings (SSSR count). The number of thiophene rings is 1. The lowest BCUT2D eigenvalue weighted by molar-refractivity contribution is 0.0137. The van der Waals surface area contributed by atoms with E-state index in [9.17, 15) is 4.79 Å². The van der Waals surface area contributed by atoms with Crippen LogP contribution in [0, 0.1) is 11.8 Å². The lowest BCUT2D eigenvalue weighted by Crippen LogP contribution is -2.41. The third-order valence-corrected chi connectivity index (χ3v) is 3.96. The summed E-state index contributed by atoms with van der Waals surface area (Å²) in [6, 6.07) is 3.87. The largest absolute Gasteiger partial charge is 0.378 e. The first-order valence-corrected chi connectivity index (χ1v) is 7.22. The highest BCUT2D eigenvalue weighted by molar-refractivity contribution is 7.14. The first-order chi connectivity index (χ1) is 9.19. The Bertz CT molecular complexity index is 501. The second-order valence-electron chi connectivity index (χ2n) is 4.55. The molecule has 2 atom stereocenters. The molecule has 0 radical (unpaired) electrons. The quantitative estimate of drug-likeness (QED) is 0.803. The number of amides is 1. The molecule has 1 aliphatic rings. The molecule has 1 saturated heterocycles. The molecule has 4 nitrogen and oxygen atoms in total. The highest BCUT2D eigenvalue weighted by atomic mass is 32.1. The Kier molecular flexibility index (Phi) is 4.97. The molecular formula is C14H18N2O2S. The van der Waals surface area contributed by atoms with Gasteiger partial charge in [-0.15, -0.1) is 11.3 Å². The van der Waals surface area contributed by atoms with Gasteiger partial charge in [-0.05, 0) is 31.9 Å². The highest BCUT2D eigenvalue weighted by Crippen LogP contribution is 2.18. The molecule has 2 unspecified atom stereocenters. The Hall–Kier alpha value is -1.35. The van der Waals surface area contributed by atoms with E-state index in [1.807, 2.05) is 19.1 Å². The lowest BCUT2D eigenvalue weighted by atomic mass is 10.0. The molecular weight excluding hydrogens is 260 g/mol. The number of hydrogen-bond donors (Lipinski definition) is 2. The van der Waals surface area contributed by atoms with Crippen LogP contribution in [0.1, 0.15) is 34.3 Å². The van der Waals surface area contributed by atoms with Gasteiger partial charge < -0.3 is 15.8 Å². The zero-order valence-electron chi connectivity index (χ0n) is 10.9. The summed E-state index contributed by atoms with van der Waals surface area (Å²) < 4.78 is 5.46. The summed E-state index contributed by atoms with van der Waals surface area (Å²) in [6.45, 7) is 3.08. The lowest BCUT2D eigenvalue weighted by Gasteiger charge is -2.27. The van der Waals surface area contributed by atoms with Crippen LogP contribution in [0.15, 0.2) is 12.1 Å². The third kappa shape index (κ3) is 4.06. The van der Waals surface area contributed by atoms with Crippen molar-refractivity contribution in [1.29, 1.82) is 0 Å². The molecule has 5 heteroatoms. The van der Waals surface area contributed by atoms with E-state index >= 15 is 0 Å². The van der Waals surface area contributed by atoms with Crippen molar-refractivity contribution in [3.63, 3.8) is 0 Å². The summed E-state index contributed by atoms with van der Waals surface area (Å²) >= 11 is 1.40. The number of nitrogens with one attached hydrogen (secondary N) is 1. The SMILES string of the molecule is CC1CC(NC(=O)c2ccc(C#CCN)s2)CCO1. The van der Waals surface area contributed by atoms with Crippen LogP contribution in [0.2, 0.25) is 0 Å². The molecule has 0 aliphatic carbocycles. The summed E-state index contributed by atoms with van der Waals surface area (Å²) in [6.07, 6.45) is 1.96. The maximum atomic E-state index is 12.1. The number of hydrogen-bond acceptors (Lipinski definition) is 4. The van der Waals surface area contributed by atoms with E-state index in [2.05, 4.69) is 17.2 Å². The van der Waals surface area contributed by atoms with Crippen LogP contribution in [0.4, 0.5) is 0 Å². The standard InChI is InChI=1S/C14H18N2O2S/c1-10-9-11(6-8-18-10)16-14(17)13-5-4-12(19-13)3-2-7-15/h4-5,10-11H,6-9,15H2,1H3,(H,16,17). The van der Waals surface area contributed by atoms with Crippen molar-refractivity contribution < 1.29 is 9.53 Å². The fourth-order valence-electron chi connectivity index (χ4n) is 2.05. The van der Waals surface area contributed by atoms with Gasteiger partial charge in [0, 0.05) is 12.6 Å². The molecule has 1 fully saturated rings. The van der Waals surface area contributed by atoms with Crippen LogP contribution in [0.25, 0.3) is 0 Å². The van der Waals surface area contributed by atoms with Crippen molar-refractivity contribution in [3.8, 4) is 11.8 Å². The van der Waals surface area contributed by atoms with Crippen LogP contribution >= 0.6 is 11.3 Å². The van der Waals surface area contributed by atoms with Gasteiger partial charge >= 0.3 is 0 Å². The number of carbonyl (C=O) groups excluding carboxylic acids is 1. The van der Waals surface area contributed by atoms with Gasteiger partial charge in [0.05, 0.1) is 22.4 Å². The number of nitrogens with two attached hydrogens (primary N) is 1. The zero-order chi connectivity index (χ0) is 13.7. The monoisotopic (exact) mass is 278 g/mol. The Morgan fingerprint density at radius 1 is 1.63 bits per heavy atom. The van der Waals surface area contributed by atoms with Crippen molar-refractivity contribution in [1.82, 2.24) is 5.32 Å². The van der Waals surface area contributed by atoms with Crippen LogP contribution in [-0.4, -0.2) is 31.2 Å². The van der Waals surface area contributed by atoms with Gasteiger partial charge in [-0.2, -0.15) is 0 Å². The minimum absolute atomic E-state index is 0.0232. The van der Waals surface area contributed by atoms with E-state index in [4.69, 9.17) is 10.5 Å². The van der Waals surface area contributed by atoms with Crippen molar-refractivity contribution in [3.05, 3.63) is 21.9 Å². The van der Waals surface area contributed by atoms with Crippen LogP contribution in [0.3, 0.4) is 0 Å². The molecule has 0 spiro atoms. The third-order valence-electron chi connectivity index (χ3n) is 2.96. The van der Waals surface area contributed by atoms with Crippen molar-refractivity contribution >= 4 is 17.2 Å². The number of ether oxygens (including phenoxy) is 1. The fraction of sp³-hybridized carbons (Fsp3) is 0.500. The molecule has 1 aromatic rings. The van der Waals surface area contributed by atoms with E-state index in [0.717, 1.165) is 17.7 Å². The van der Waals surface area contributed by atoms with Crippen molar-refractivity contribution in [2.45, 2.75) is 31.9 Å². The Balaban J connectivity index is 1.94. The Morgan fingerprint density at radius 3 is 3.21 bits per heavy atom. The number of rotatable bonds is 2. The Morgan fingerprint density at radius 2 is 2.47 bits per heavy atom. The predicted octanol–water partition coefficient (Wildman–Crippen LogP) is 1.36. The molecule has 0 aromatic carbocycles. The summed E-state index contributed by atoms with van der Waals surface area (Å²) in [4.78, 5) is 13.7. The smallest absolute Gasteiger partial charge is 0.261 e. The second-order valence-corrected chi connectivity index (χ2v) is 5.63. The molecule has 1 aromatic heterocycles. The first-order valence-electron chi connectivity index (χ1n) is 6.40. The zero-order valence-corrected chi connectivity index (χ0v) is 11.8. The predicted molar refractivity (Wildman–Crippen MR) is 76.2 cm³/mol. The first kappa shape index (κ1) is 14.1. The van der Waals surface area contributed by atoms with Gasteiger partial charge in [0.15, 0.2) is 0 Å². The van der Waals surface area contributed by atoms with E-state index in [-0.39, 0.29) is 18.1 Å². The average molecular weight is 278 g/mol. The van der Waals surface area contributed by atoms with Gasteiger partial charge in [0.25, 0.3) is 5.91 Å². The molecule has 3 N–H and O–H groups in total. The van der Waals surface area contributed by atoms with Gasteiger partial charge in [-0.25, -0.2) is 0 Å². The topological polar surface area (TPSA) is 64.4 Å². The van der Waals surface area contributed by atoms with E-state index in [0.29, 0.717) is 18.0 Å². The summed E-state index contributed by atoms with van der Waals surface area (Å²) in [7, 11) is 0. The van der Waals surface area contributed by atoms with Crippen molar-refractivity contribution in [2.24, 2.45) is 5.73 Å². The molecule has 0 bridgehead atoms. The van der Waals surface area contributed by atoms with Gasteiger partial charge in [-0.1, -0.05) is 11.8 Å². The Labute approximate surface area is 117 Å². The molecule has 102 valence electrons.